The Bertz CT molecular complexity index is 535. The summed E-state index contributed by atoms with van der Waals surface area (Å²) in [5.41, 5.74) is 2.66. The van der Waals surface area contributed by atoms with Gasteiger partial charge in [0, 0.05) is 40.3 Å². The topological polar surface area (TPSA) is 64.1 Å². The Kier molecular flexibility index (Phi) is 9.15. The van der Waals surface area contributed by atoms with Gasteiger partial charge in [-0.05, 0) is 36.5 Å². The second kappa shape index (κ2) is 11.7. The molecule has 0 radical (unpaired) electrons. The Morgan fingerprint density at radius 3 is 2.88 bits per heavy atom. The number of unbranched alkanes of at least 4 members (excludes halogenated alkanes) is 1. The van der Waals surface area contributed by atoms with E-state index in [-0.39, 0.29) is 0 Å². The third-order valence-electron chi connectivity index (χ3n) is 4.12. The molecule has 6 nitrogen and oxygen atoms in total. The highest BCUT2D eigenvalue weighted by Gasteiger charge is 2.11. The van der Waals surface area contributed by atoms with E-state index in [1.54, 1.807) is 14.2 Å². The van der Waals surface area contributed by atoms with Gasteiger partial charge >= 0.3 is 0 Å². The van der Waals surface area contributed by atoms with E-state index in [4.69, 9.17) is 14.2 Å². The fourth-order valence-corrected chi connectivity index (χ4v) is 2.72. The minimum Gasteiger partial charge on any atom is -0.493 e. The average molecular weight is 349 g/mol. The normalized spacial score (nSPS) is 13.4. The molecule has 0 atom stereocenters. The molecule has 1 aliphatic heterocycles. The molecule has 6 heteroatoms. The Morgan fingerprint density at radius 1 is 1.16 bits per heavy atom. The maximum absolute atomic E-state index is 5.55. The summed E-state index contributed by atoms with van der Waals surface area (Å²) in [5, 5.41) is 6.70. The third-order valence-corrected chi connectivity index (χ3v) is 4.12. The summed E-state index contributed by atoms with van der Waals surface area (Å²) in [6.07, 6.45) is 4.08. The number of methoxy groups -OCH3 is 1. The molecule has 0 aliphatic carbocycles. The van der Waals surface area contributed by atoms with Gasteiger partial charge in [-0.25, -0.2) is 0 Å². The lowest BCUT2D eigenvalue weighted by Crippen LogP contribution is -2.38. The lowest BCUT2D eigenvalue weighted by molar-refractivity contribution is 0.0689. The van der Waals surface area contributed by atoms with E-state index < -0.39 is 0 Å². The van der Waals surface area contributed by atoms with Crippen LogP contribution in [0.15, 0.2) is 23.2 Å². The number of aliphatic imine (C=N–C) groups is 1. The maximum Gasteiger partial charge on any atom is 0.190 e. The van der Waals surface area contributed by atoms with Crippen molar-refractivity contribution in [2.24, 2.45) is 4.99 Å². The molecule has 0 fully saturated rings. The second-order valence-corrected chi connectivity index (χ2v) is 6.03. The summed E-state index contributed by atoms with van der Waals surface area (Å²) in [4.78, 5) is 4.26. The van der Waals surface area contributed by atoms with Crippen molar-refractivity contribution in [2.75, 3.05) is 53.7 Å². The first-order valence-corrected chi connectivity index (χ1v) is 9.09. The SMILES string of the molecule is CN=C(NCCCCOCCOC)NCCc1ccc2c(c1)CCO2. The quantitative estimate of drug-likeness (QED) is 0.362. The molecule has 1 heterocycles. The van der Waals surface area contributed by atoms with Gasteiger partial charge in [0.2, 0.25) is 0 Å². The summed E-state index contributed by atoms with van der Waals surface area (Å²) in [6, 6.07) is 6.48. The predicted octanol–water partition coefficient (Wildman–Crippen LogP) is 1.77. The number of rotatable bonds is 11. The van der Waals surface area contributed by atoms with Crippen LogP contribution in [-0.4, -0.2) is 59.6 Å². The smallest absolute Gasteiger partial charge is 0.190 e. The predicted molar refractivity (Wildman–Crippen MR) is 101 cm³/mol. The molecular weight excluding hydrogens is 318 g/mol. The summed E-state index contributed by atoms with van der Waals surface area (Å²) < 4.78 is 15.9. The van der Waals surface area contributed by atoms with Crippen molar-refractivity contribution in [1.82, 2.24) is 10.6 Å². The summed E-state index contributed by atoms with van der Waals surface area (Å²) >= 11 is 0. The fourth-order valence-electron chi connectivity index (χ4n) is 2.72. The number of hydrogen-bond donors (Lipinski definition) is 2. The van der Waals surface area contributed by atoms with Crippen LogP contribution in [0, 0.1) is 0 Å². The van der Waals surface area contributed by atoms with Crippen molar-refractivity contribution in [3.63, 3.8) is 0 Å². The molecule has 2 rings (SSSR count). The molecule has 0 amide bonds. The van der Waals surface area contributed by atoms with E-state index in [1.807, 2.05) is 0 Å². The molecule has 1 aromatic rings. The molecule has 140 valence electrons. The molecule has 0 saturated carbocycles. The van der Waals surface area contributed by atoms with Gasteiger partial charge in [0.15, 0.2) is 5.96 Å². The van der Waals surface area contributed by atoms with E-state index in [0.717, 1.165) is 63.7 Å². The summed E-state index contributed by atoms with van der Waals surface area (Å²) in [7, 11) is 3.49. The van der Waals surface area contributed by atoms with Gasteiger partial charge in [0.25, 0.3) is 0 Å². The van der Waals surface area contributed by atoms with Crippen LogP contribution >= 0.6 is 0 Å². The lowest BCUT2D eigenvalue weighted by Gasteiger charge is -2.12. The first-order valence-electron chi connectivity index (χ1n) is 9.09. The van der Waals surface area contributed by atoms with Crippen LogP contribution in [0.25, 0.3) is 0 Å². The van der Waals surface area contributed by atoms with E-state index in [0.29, 0.717) is 13.2 Å². The van der Waals surface area contributed by atoms with E-state index in [2.05, 4.69) is 33.8 Å². The molecule has 0 saturated heterocycles. The van der Waals surface area contributed by atoms with Gasteiger partial charge in [-0.15, -0.1) is 0 Å². The maximum atomic E-state index is 5.55. The van der Waals surface area contributed by atoms with E-state index >= 15 is 0 Å². The monoisotopic (exact) mass is 349 g/mol. The molecule has 0 unspecified atom stereocenters. The minimum atomic E-state index is 0.659. The third kappa shape index (κ3) is 7.32. The van der Waals surface area contributed by atoms with Gasteiger partial charge in [0.1, 0.15) is 5.75 Å². The summed E-state index contributed by atoms with van der Waals surface area (Å²) in [5.74, 6) is 1.89. The molecule has 1 aliphatic rings. The molecule has 25 heavy (non-hydrogen) atoms. The van der Waals surface area contributed by atoms with Crippen molar-refractivity contribution in [3.8, 4) is 5.75 Å². The standard InChI is InChI=1S/C19H31N3O3/c1-20-19(21-9-3-4-11-24-14-13-23-2)22-10-7-16-5-6-18-17(15-16)8-12-25-18/h5-6,15H,3-4,7-14H2,1-2H3,(H2,20,21,22). The zero-order chi connectivity index (χ0) is 17.7. The number of guanidine groups is 1. The van der Waals surface area contributed by atoms with Gasteiger partial charge in [-0.2, -0.15) is 0 Å². The van der Waals surface area contributed by atoms with Crippen LogP contribution in [0.5, 0.6) is 5.75 Å². The van der Waals surface area contributed by atoms with E-state index in [1.165, 1.54) is 11.1 Å². The first kappa shape index (κ1) is 19.5. The highest BCUT2D eigenvalue weighted by molar-refractivity contribution is 5.79. The number of ether oxygens (including phenoxy) is 3. The highest BCUT2D eigenvalue weighted by Crippen LogP contribution is 2.25. The van der Waals surface area contributed by atoms with Crippen LogP contribution < -0.4 is 15.4 Å². The van der Waals surface area contributed by atoms with Crippen molar-refractivity contribution in [1.29, 1.82) is 0 Å². The van der Waals surface area contributed by atoms with Crippen molar-refractivity contribution in [2.45, 2.75) is 25.7 Å². The Labute approximate surface area is 151 Å². The second-order valence-electron chi connectivity index (χ2n) is 6.03. The molecule has 0 bridgehead atoms. The van der Waals surface area contributed by atoms with Crippen molar-refractivity contribution < 1.29 is 14.2 Å². The van der Waals surface area contributed by atoms with Crippen LogP contribution in [0.1, 0.15) is 24.0 Å². The average Bonchev–Trinajstić information content (AvgIpc) is 3.10. The molecule has 0 aromatic heterocycles. The van der Waals surface area contributed by atoms with Gasteiger partial charge in [0.05, 0.1) is 19.8 Å². The Balaban J connectivity index is 1.54. The molecule has 2 N–H and O–H groups in total. The van der Waals surface area contributed by atoms with Crippen molar-refractivity contribution >= 4 is 5.96 Å². The fraction of sp³-hybridized carbons (Fsp3) is 0.632. The van der Waals surface area contributed by atoms with Crippen LogP contribution in [0.2, 0.25) is 0 Å². The first-order chi connectivity index (χ1) is 12.3. The number of nitrogens with zero attached hydrogens (tertiary/aromatic N) is 1. The zero-order valence-electron chi connectivity index (χ0n) is 15.5. The van der Waals surface area contributed by atoms with Crippen LogP contribution in [0.3, 0.4) is 0 Å². The van der Waals surface area contributed by atoms with Crippen LogP contribution in [0.4, 0.5) is 0 Å². The Hall–Kier alpha value is -1.79. The number of benzene rings is 1. The highest BCUT2D eigenvalue weighted by atomic mass is 16.5. The number of nitrogens with one attached hydrogen (secondary N) is 2. The minimum absolute atomic E-state index is 0.659. The Morgan fingerprint density at radius 2 is 2.04 bits per heavy atom. The molecule has 0 spiro atoms. The van der Waals surface area contributed by atoms with E-state index in [9.17, 15) is 0 Å². The van der Waals surface area contributed by atoms with Gasteiger partial charge in [-0.3, -0.25) is 4.99 Å². The van der Waals surface area contributed by atoms with Gasteiger partial charge < -0.3 is 24.8 Å². The lowest BCUT2D eigenvalue weighted by atomic mass is 10.1. The largest absolute Gasteiger partial charge is 0.493 e. The molecule has 1 aromatic carbocycles. The number of fused-ring (bicyclic) bond motifs is 1. The van der Waals surface area contributed by atoms with Crippen LogP contribution in [-0.2, 0) is 22.3 Å². The zero-order valence-corrected chi connectivity index (χ0v) is 15.5. The van der Waals surface area contributed by atoms with Gasteiger partial charge in [-0.1, -0.05) is 12.1 Å². The molecular formula is C19H31N3O3. The van der Waals surface area contributed by atoms with Crippen molar-refractivity contribution in [3.05, 3.63) is 29.3 Å². The summed E-state index contributed by atoms with van der Waals surface area (Å²) in [6.45, 7) is 4.67. The number of hydrogen-bond acceptors (Lipinski definition) is 4.